The number of carbonyl (C=O) groups is 1. The summed E-state index contributed by atoms with van der Waals surface area (Å²) < 4.78 is 0. The number of piperidine rings is 1. The second-order valence-corrected chi connectivity index (χ2v) is 5.78. The third kappa shape index (κ3) is 4.41. The van der Waals surface area contributed by atoms with Gasteiger partial charge in [-0.25, -0.2) is 0 Å². The molecule has 1 saturated heterocycles. The van der Waals surface area contributed by atoms with E-state index in [4.69, 9.17) is 16.7 Å². The molecule has 1 aliphatic rings. The maximum absolute atomic E-state index is 10.8. The molecule has 1 atom stereocenters. The summed E-state index contributed by atoms with van der Waals surface area (Å²) in [6.07, 6.45) is 2.07. The highest BCUT2D eigenvalue weighted by Gasteiger charge is 2.22. The Labute approximate surface area is 127 Å². The van der Waals surface area contributed by atoms with Crippen molar-refractivity contribution in [3.05, 3.63) is 38.9 Å². The maximum atomic E-state index is 10.8. The van der Waals surface area contributed by atoms with Crippen molar-refractivity contribution in [2.45, 2.75) is 25.8 Å². The number of nitro benzene ring substituents is 1. The summed E-state index contributed by atoms with van der Waals surface area (Å²) in [6, 6.07) is 4.47. The summed E-state index contributed by atoms with van der Waals surface area (Å²) in [5.41, 5.74) is 0.810. The van der Waals surface area contributed by atoms with E-state index in [0.717, 1.165) is 31.5 Å². The molecular formula is C14H17ClN2O4. The molecule has 1 aromatic carbocycles. The van der Waals surface area contributed by atoms with Gasteiger partial charge >= 0.3 is 5.97 Å². The van der Waals surface area contributed by atoms with Crippen LogP contribution in [0, 0.1) is 16.0 Å². The number of likely N-dealkylation sites (tertiary alicyclic amines) is 1. The van der Waals surface area contributed by atoms with Crippen LogP contribution in [0.4, 0.5) is 5.69 Å². The van der Waals surface area contributed by atoms with E-state index < -0.39 is 10.9 Å². The fraction of sp³-hybridized carbons (Fsp3) is 0.500. The summed E-state index contributed by atoms with van der Waals surface area (Å²) in [6.45, 7) is 2.20. The Hall–Kier alpha value is -1.66. The molecule has 0 spiro atoms. The Morgan fingerprint density at radius 3 is 2.90 bits per heavy atom. The van der Waals surface area contributed by atoms with Gasteiger partial charge in [0.25, 0.3) is 5.69 Å². The lowest BCUT2D eigenvalue weighted by molar-refractivity contribution is -0.384. The maximum Gasteiger partial charge on any atom is 0.303 e. The number of non-ortho nitro benzene ring substituents is 1. The molecule has 7 heteroatoms. The number of nitrogens with zero attached hydrogens (tertiary/aromatic N) is 2. The number of halogens is 1. The van der Waals surface area contributed by atoms with Crippen molar-refractivity contribution in [2.24, 2.45) is 5.92 Å². The molecule has 1 heterocycles. The van der Waals surface area contributed by atoms with Crippen molar-refractivity contribution in [3.63, 3.8) is 0 Å². The highest BCUT2D eigenvalue weighted by atomic mass is 35.5. The quantitative estimate of drug-likeness (QED) is 0.667. The second-order valence-electron chi connectivity index (χ2n) is 5.37. The smallest absolute Gasteiger partial charge is 0.303 e. The van der Waals surface area contributed by atoms with Gasteiger partial charge in [0.05, 0.1) is 9.95 Å². The summed E-state index contributed by atoms with van der Waals surface area (Å²) in [5, 5.41) is 19.9. The zero-order valence-corrected chi connectivity index (χ0v) is 12.3. The van der Waals surface area contributed by atoms with Crippen LogP contribution >= 0.6 is 11.6 Å². The zero-order valence-electron chi connectivity index (χ0n) is 11.5. The van der Waals surface area contributed by atoms with Crippen LogP contribution in [0.1, 0.15) is 24.8 Å². The van der Waals surface area contributed by atoms with Crippen molar-refractivity contribution >= 4 is 23.3 Å². The molecule has 114 valence electrons. The minimum Gasteiger partial charge on any atom is -0.481 e. The number of benzene rings is 1. The van der Waals surface area contributed by atoms with Crippen molar-refractivity contribution < 1.29 is 14.8 Å². The lowest BCUT2D eigenvalue weighted by Crippen LogP contribution is -2.35. The number of hydrogen-bond acceptors (Lipinski definition) is 4. The number of aliphatic carboxylic acids is 1. The normalized spacial score (nSPS) is 19.4. The number of carboxylic acids is 1. The van der Waals surface area contributed by atoms with Crippen molar-refractivity contribution in [1.82, 2.24) is 4.90 Å². The van der Waals surface area contributed by atoms with Gasteiger partial charge in [-0.3, -0.25) is 19.8 Å². The largest absolute Gasteiger partial charge is 0.481 e. The SMILES string of the molecule is O=C(O)CC1CCCN(Cc2ccc([N+](=O)[O-])cc2Cl)C1. The first-order valence-electron chi connectivity index (χ1n) is 6.82. The van der Waals surface area contributed by atoms with Crippen LogP contribution in [0.15, 0.2) is 18.2 Å². The van der Waals surface area contributed by atoms with Crippen LogP contribution in [0.2, 0.25) is 5.02 Å². The second kappa shape index (κ2) is 6.87. The van der Waals surface area contributed by atoms with Gasteiger partial charge in [-0.1, -0.05) is 11.6 Å². The summed E-state index contributed by atoms with van der Waals surface area (Å²) >= 11 is 6.09. The van der Waals surface area contributed by atoms with Gasteiger partial charge in [0.15, 0.2) is 0 Å². The molecule has 0 radical (unpaired) electrons. The predicted molar refractivity (Wildman–Crippen MR) is 78.4 cm³/mol. The van der Waals surface area contributed by atoms with Crippen LogP contribution in [-0.4, -0.2) is 34.0 Å². The molecule has 0 bridgehead atoms. The molecule has 1 unspecified atom stereocenters. The van der Waals surface area contributed by atoms with E-state index in [1.807, 2.05) is 0 Å². The van der Waals surface area contributed by atoms with Gasteiger partial charge in [-0.15, -0.1) is 0 Å². The highest BCUT2D eigenvalue weighted by Crippen LogP contribution is 2.26. The van der Waals surface area contributed by atoms with Crippen LogP contribution in [0.3, 0.4) is 0 Å². The van der Waals surface area contributed by atoms with Gasteiger partial charge in [-0.2, -0.15) is 0 Å². The van der Waals surface area contributed by atoms with Gasteiger partial charge in [0.1, 0.15) is 0 Å². The first-order chi connectivity index (χ1) is 9.95. The molecule has 0 saturated carbocycles. The minimum atomic E-state index is -0.768. The lowest BCUT2D eigenvalue weighted by Gasteiger charge is -2.32. The number of nitro groups is 1. The molecule has 1 N–H and O–H groups in total. The average Bonchev–Trinajstić information content (AvgIpc) is 2.40. The number of rotatable bonds is 5. The van der Waals surface area contributed by atoms with Crippen molar-refractivity contribution in [3.8, 4) is 0 Å². The van der Waals surface area contributed by atoms with E-state index in [-0.39, 0.29) is 18.0 Å². The summed E-state index contributed by atoms with van der Waals surface area (Å²) in [5.74, 6) is -0.608. The predicted octanol–water partition coefficient (Wildman–Crippen LogP) is 2.93. The Bertz CT molecular complexity index is 550. The first-order valence-corrected chi connectivity index (χ1v) is 7.20. The first kappa shape index (κ1) is 15.7. The Balaban J connectivity index is 2.01. The molecule has 1 fully saturated rings. The fourth-order valence-corrected chi connectivity index (χ4v) is 2.96. The molecule has 0 amide bonds. The lowest BCUT2D eigenvalue weighted by atomic mass is 9.94. The Kier molecular flexibility index (Phi) is 5.14. The van der Waals surface area contributed by atoms with Gasteiger partial charge in [0.2, 0.25) is 0 Å². The van der Waals surface area contributed by atoms with E-state index in [1.165, 1.54) is 12.1 Å². The Morgan fingerprint density at radius 1 is 1.52 bits per heavy atom. The summed E-state index contributed by atoms with van der Waals surface area (Å²) in [4.78, 5) is 23.1. The molecule has 2 rings (SSSR count). The van der Waals surface area contributed by atoms with Crippen LogP contribution in [0.25, 0.3) is 0 Å². The molecular weight excluding hydrogens is 296 g/mol. The van der Waals surface area contributed by atoms with Gasteiger partial charge in [0, 0.05) is 31.6 Å². The monoisotopic (exact) mass is 312 g/mol. The van der Waals surface area contributed by atoms with Crippen molar-refractivity contribution in [1.29, 1.82) is 0 Å². The molecule has 6 nitrogen and oxygen atoms in total. The van der Waals surface area contributed by atoms with Gasteiger partial charge in [-0.05, 0) is 36.9 Å². The van der Waals surface area contributed by atoms with Gasteiger partial charge < -0.3 is 5.11 Å². The van der Waals surface area contributed by atoms with E-state index in [2.05, 4.69) is 4.90 Å². The third-order valence-electron chi connectivity index (χ3n) is 3.71. The molecule has 21 heavy (non-hydrogen) atoms. The average molecular weight is 313 g/mol. The molecule has 0 aliphatic carbocycles. The highest BCUT2D eigenvalue weighted by molar-refractivity contribution is 6.31. The number of hydrogen-bond donors (Lipinski definition) is 1. The standard InChI is InChI=1S/C14H17ClN2O4/c15-13-7-12(17(20)21)4-3-11(13)9-16-5-1-2-10(8-16)6-14(18)19/h3-4,7,10H,1-2,5-6,8-9H2,(H,18,19). The van der Waals surface area contributed by atoms with Crippen LogP contribution in [-0.2, 0) is 11.3 Å². The zero-order chi connectivity index (χ0) is 15.4. The molecule has 1 aliphatic heterocycles. The molecule has 0 aromatic heterocycles. The van der Waals surface area contributed by atoms with Crippen LogP contribution in [0.5, 0.6) is 0 Å². The van der Waals surface area contributed by atoms with E-state index in [9.17, 15) is 14.9 Å². The van der Waals surface area contributed by atoms with Crippen LogP contribution < -0.4 is 0 Å². The topological polar surface area (TPSA) is 83.7 Å². The van der Waals surface area contributed by atoms with E-state index in [1.54, 1.807) is 6.07 Å². The minimum absolute atomic E-state index is 0.0221. The molecule has 1 aromatic rings. The van der Waals surface area contributed by atoms with Crippen molar-refractivity contribution in [2.75, 3.05) is 13.1 Å². The van der Waals surface area contributed by atoms with E-state index in [0.29, 0.717) is 11.6 Å². The number of carboxylic acid groups (broad SMARTS) is 1. The third-order valence-corrected chi connectivity index (χ3v) is 4.06. The fourth-order valence-electron chi connectivity index (χ4n) is 2.73. The summed E-state index contributed by atoms with van der Waals surface area (Å²) in [7, 11) is 0. The Morgan fingerprint density at radius 2 is 2.29 bits per heavy atom. The van der Waals surface area contributed by atoms with E-state index >= 15 is 0 Å².